The molecule has 11 aromatic rings. The average Bonchev–Trinajstić information content (AvgIpc) is 3.25. The number of nitrogens with zero attached hydrogens (tertiary/aromatic N) is 2. The second kappa shape index (κ2) is 10.1. The van der Waals surface area contributed by atoms with Crippen LogP contribution in [-0.2, 0) is 0 Å². The van der Waals surface area contributed by atoms with Crippen LogP contribution in [0.3, 0.4) is 0 Å². The van der Waals surface area contributed by atoms with Crippen molar-refractivity contribution in [3.63, 3.8) is 0 Å². The van der Waals surface area contributed by atoms with Crippen molar-refractivity contribution < 1.29 is 9.59 Å². The number of ketones is 2. The summed E-state index contributed by atoms with van der Waals surface area (Å²) in [5.41, 5.74) is 3.66. The predicted molar refractivity (Wildman–Crippen MR) is 222 cm³/mol. The van der Waals surface area contributed by atoms with Gasteiger partial charge >= 0.3 is 0 Å². The van der Waals surface area contributed by atoms with Crippen LogP contribution in [0.2, 0.25) is 0 Å². The highest BCUT2D eigenvalue weighted by Gasteiger charge is 2.44. The van der Waals surface area contributed by atoms with Crippen molar-refractivity contribution in [2.24, 2.45) is 0 Å². The van der Waals surface area contributed by atoms with Crippen LogP contribution in [0.1, 0.15) is 54.5 Å². The predicted octanol–water partition coefficient (Wildman–Crippen LogP) is 7.70. The van der Waals surface area contributed by atoms with Gasteiger partial charge in [-0.3, -0.25) is 28.8 Å². The van der Waals surface area contributed by atoms with Crippen LogP contribution in [0.15, 0.2) is 147 Å². The molecule has 8 nitrogen and oxygen atoms in total. The number of benzene rings is 7. The molecule has 264 valence electrons. The number of pyridine rings is 4. The Morgan fingerprint density at radius 1 is 0.351 bits per heavy atom. The summed E-state index contributed by atoms with van der Waals surface area (Å²) in [5.74, 6) is -1.42. The second-order valence-corrected chi connectivity index (χ2v) is 15.1. The van der Waals surface area contributed by atoms with Crippen molar-refractivity contribution in [1.82, 2.24) is 8.80 Å². The van der Waals surface area contributed by atoms with Gasteiger partial charge in [-0.05, 0) is 65.2 Å². The Morgan fingerprint density at radius 2 is 0.807 bits per heavy atom. The number of carbonyl (C=O) groups is 2. The third-order valence-electron chi connectivity index (χ3n) is 12.6. The van der Waals surface area contributed by atoms with Gasteiger partial charge in [0.05, 0.1) is 49.4 Å². The molecule has 7 aromatic carbocycles. The second-order valence-electron chi connectivity index (χ2n) is 15.1. The fourth-order valence-electron chi connectivity index (χ4n) is 10.4. The fourth-order valence-corrected chi connectivity index (χ4v) is 10.4. The molecule has 8 heteroatoms. The van der Waals surface area contributed by atoms with Gasteiger partial charge in [-0.2, -0.15) is 0 Å². The summed E-state index contributed by atoms with van der Waals surface area (Å²) in [4.78, 5) is 89.4. The number of hydrogen-bond acceptors (Lipinski definition) is 6. The number of aromatic nitrogens is 2. The highest BCUT2D eigenvalue weighted by Crippen LogP contribution is 2.51. The highest BCUT2D eigenvalue weighted by molar-refractivity contribution is 6.30. The monoisotopic (exact) mass is 734 g/mol. The van der Waals surface area contributed by atoms with Crippen LogP contribution in [0.25, 0.3) is 76.2 Å². The van der Waals surface area contributed by atoms with Gasteiger partial charge in [0.25, 0.3) is 0 Å². The molecule has 0 N–H and O–H groups in total. The van der Waals surface area contributed by atoms with Gasteiger partial charge < -0.3 is 8.80 Å². The van der Waals surface area contributed by atoms with E-state index in [0.717, 1.165) is 0 Å². The standard InChI is InChI=1S/C49H22N2O6/c52-44-23-11-2-1-10-22(23)35-34-26(44)14-7-15-27(34)47(55)37-36(35)38-43(50-32-20-5-3-12-24(32)45(53)28-16-8-18-30(40(28)50)48(38)56)39-42(37)51-33-21-6-4-13-25(33)46(54)29-17-9-19-31(41(29)51)49(39)57/h1-21,35H. The lowest BCUT2D eigenvalue weighted by atomic mass is 9.66. The van der Waals surface area contributed by atoms with E-state index in [4.69, 9.17) is 0 Å². The zero-order valence-electron chi connectivity index (χ0n) is 29.5. The van der Waals surface area contributed by atoms with Crippen LogP contribution < -0.4 is 21.7 Å². The number of para-hydroxylation sites is 4. The zero-order valence-corrected chi connectivity index (χ0v) is 29.5. The summed E-state index contributed by atoms with van der Waals surface area (Å²) >= 11 is 0. The summed E-state index contributed by atoms with van der Waals surface area (Å²) in [6, 6.07) is 36.8. The maximum absolute atomic E-state index is 15.6. The maximum Gasteiger partial charge on any atom is 0.199 e. The van der Waals surface area contributed by atoms with Gasteiger partial charge in [0.1, 0.15) is 0 Å². The van der Waals surface area contributed by atoms with E-state index in [9.17, 15) is 14.4 Å². The Labute approximate surface area is 318 Å². The SMILES string of the molecule is O=C1c2ccccc2C2c3c1cccc3C(=O)c1c2c2c(=O)c3cccc4c(=O)c5ccccc5n(c43)c2c2c(=O)c3cccc4c(=O)c5ccccc5n(c12)c43. The Balaban J connectivity index is 1.47. The molecule has 0 bridgehead atoms. The lowest BCUT2D eigenvalue weighted by Crippen LogP contribution is -2.31. The lowest BCUT2D eigenvalue weighted by Gasteiger charge is -2.36. The Hall–Kier alpha value is -7.84. The summed E-state index contributed by atoms with van der Waals surface area (Å²) in [5, 5.41) is 2.20. The summed E-state index contributed by atoms with van der Waals surface area (Å²) < 4.78 is 3.72. The molecule has 0 radical (unpaired) electrons. The first-order chi connectivity index (χ1) is 27.9. The summed E-state index contributed by atoms with van der Waals surface area (Å²) in [7, 11) is 0. The molecule has 0 aliphatic heterocycles. The number of hydrogen-bond donors (Lipinski definition) is 0. The molecule has 4 aromatic heterocycles. The van der Waals surface area contributed by atoms with Gasteiger partial charge in [-0.15, -0.1) is 0 Å². The summed E-state index contributed by atoms with van der Waals surface area (Å²) in [6.45, 7) is 0. The largest absolute Gasteiger partial charge is 0.307 e. The van der Waals surface area contributed by atoms with Gasteiger partial charge in [0.2, 0.25) is 0 Å². The van der Waals surface area contributed by atoms with Gasteiger partial charge in [0, 0.05) is 54.9 Å². The first-order valence-electron chi connectivity index (χ1n) is 18.6. The normalized spacial score (nSPS) is 14.8. The van der Waals surface area contributed by atoms with Crippen LogP contribution in [0.5, 0.6) is 0 Å². The van der Waals surface area contributed by atoms with E-state index in [2.05, 4.69) is 0 Å². The third-order valence-corrected chi connectivity index (χ3v) is 12.6. The number of carbonyl (C=O) groups excluding carboxylic acids is 2. The van der Waals surface area contributed by atoms with Crippen LogP contribution >= 0.6 is 0 Å². The molecule has 0 saturated heterocycles. The van der Waals surface area contributed by atoms with Crippen LogP contribution in [-0.4, -0.2) is 20.4 Å². The van der Waals surface area contributed by atoms with E-state index in [1.54, 1.807) is 103 Å². The Bertz CT molecular complexity index is 4070. The lowest BCUT2D eigenvalue weighted by molar-refractivity contribution is 0.103. The molecule has 57 heavy (non-hydrogen) atoms. The first-order valence-corrected chi connectivity index (χ1v) is 18.6. The third kappa shape index (κ3) is 3.34. The van der Waals surface area contributed by atoms with Gasteiger partial charge in [-0.25, -0.2) is 0 Å². The van der Waals surface area contributed by atoms with E-state index in [1.165, 1.54) is 0 Å². The minimum Gasteiger partial charge on any atom is -0.307 e. The molecule has 1 atom stereocenters. The van der Waals surface area contributed by atoms with E-state index in [1.807, 2.05) is 33.1 Å². The smallest absolute Gasteiger partial charge is 0.199 e. The molecule has 0 saturated carbocycles. The molecular weight excluding hydrogens is 713 g/mol. The summed E-state index contributed by atoms with van der Waals surface area (Å²) in [6.07, 6.45) is 0. The highest BCUT2D eigenvalue weighted by atomic mass is 16.1. The topological polar surface area (TPSA) is 111 Å². The van der Waals surface area contributed by atoms with E-state index in [-0.39, 0.29) is 54.8 Å². The van der Waals surface area contributed by atoms with Gasteiger partial charge in [0.15, 0.2) is 33.3 Å². The van der Waals surface area contributed by atoms with Crippen molar-refractivity contribution >= 4 is 87.8 Å². The molecule has 2 aliphatic carbocycles. The molecular formula is C49H22N2O6. The van der Waals surface area contributed by atoms with Crippen LogP contribution in [0, 0.1) is 0 Å². The number of fused-ring (bicyclic) bond motifs is 15. The molecule has 0 amide bonds. The van der Waals surface area contributed by atoms with E-state index >= 15 is 14.4 Å². The van der Waals surface area contributed by atoms with Crippen LogP contribution in [0.4, 0.5) is 0 Å². The molecule has 4 heterocycles. The van der Waals surface area contributed by atoms with Gasteiger partial charge in [-0.1, -0.05) is 78.9 Å². The fraction of sp³-hybridized carbons (Fsp3) is 0.0204. The molecule has 0 fully saturated rings. The minimum atomic E-state index is -0.763. The minimum absolute atomic E-state index is 0.114. The van der Waals surface area contributed by atoms with Crippen molar-refractivity contribution in [3.8, 4) is 0 Å². The number of rotatable bonds is 0. The van der Waals surface area contributed by atoms with Crippen molar-refractivity contribution in [1.29, 1.82) is 0 Å². The average molecular weight is 735 g/mol. The molecule has 0 spiro atoms. The Kier molecular flexibility index (Phi) is 5.38. The molecule has 2 aliphatic rings. The maximum atomic E-state index is 15.6. The van der Waals surface area contributed by atoms with Crippen molar-refractivity contribution in [2.75, 3.05) is 0 Å². The van der Waals surface area contributed by atoms with E-state index in [0.29, 0.717) is 77.0 Å². The zero-order chi connectivity index (χ0) is 38.2. The molecule has 13 rings (SSSR count). The van der Waals surface area contributed by atoms with Crippen molar-refractivity contribution in [3.05, 3.63) is 207 Å². The first kappa shape index (κ1) is 30.5. The Morgan fingerprint density at radius 3 is 1.44 bits per heavy atom. The van der Waals surface area contributed by atoms with E-state index < -0.39 is 22.6 Å². The molecule has 1 unspecified atom stereocenters. The quantitative estimate of drug-likeness (QED) is 0.117. The van der Waals surface area contributed by atoms with Crippen molar-refractivity contribution in [2.45, 2.75) is 5.92 Å².